The summed E-state index contributed by atoms with van der Waals surface area (Å²) < 4.78 is 12.0. The summed E-state index contributed by atoms with van der Waals surface area (Å²) in [5.41, 5.74) is 2.57. The van der Waals surface area contributed by atoms with Crippen LogP contribution in [0.25, 0.3) is 6.08 Å². The molecule has 10 heteroatoms. The number of ether oxygens (including phenoxy) is 2. The van der Waals surface area contributed by atoms with E-state index in [4.69, 9.17) is 21.7 Å². The van der Waals surface area contributed by atoms with Crippen LogP contribution < -0.4 is 14.4 Å². The van der Waals surface area contributed by atoms with E-state index < -0.39 is 4.92 Å². The van der Waals surface area contributed by atoms with E-state index >= 15 is 0 Å². The fourth-order valence-corrected chi connectivity index (χ4v) is 4.44. The lowest BCUT2D eigenvalue weighted by Gasteiger charge is -2.16. The molecule has 8 nitrogen and oxygen atoms in total. The summed E-state index contributed by atoms with van der Waals surface area (Å²) in [5.74, 6) is 1.07. The molecule has 0 bridgehead atoms. The average Bonchev–Trinajstić information content (AvgIpc) is 3.07. The Morgan fingerprint density at radius 2 is 1.83 bits per heavy atom. The number of nitrogens with zero attached hydrogens (tertiary/aromatic N) is 3. The molecular weight excluding hydrogens is 546 g/mol. The van der Waals surface area contributed by atoms with E-state index in [9.17, 15) is 14.9 Å². The number of benzene rings is 3. The molecule has 1 heterocycles. The van der Waals surface area contributed by atoms with Crippen LogP contribution in [0.4, 0.5) is 11.4 Å². The molecule has 1 aliphatic heterocycles. The van der Waals surface area contributed by atoms with Gasteiger partial charge in [0.25, 0.3) is 11.6 Å². The number of carbonyl (C=O) groups excluding carboxylic acids is 1. The van der Waals surface area contributed by atoms with Crippen molar-refractivity contribution in [2.75, 3.05) is 18.6 Å². The highest BCUT2D eigenvalue weighted by Crippen LogP contribution is 2.32. The SMILES string of the molecule is CCOc1ccc(N2C(=O)/C(=C/c3ccc(OCc4cccc([N+](=O)[O-])c4)c(Br)c3)N(C)C2=S)cc1. The first-order valence-electron chi connectivity index (χ1n) is 11.0. The van der Waals surface area contributed by atoms with Gasteiger partial charge in [-0.25, -0.2) is 0 Å². The summed E-state index contributed by atoms with van der Waals surface area (Å²) in [7, 11) is 1.76. The smallest absolute Gasteiger partial charge is 0.281 e. The van der Waals surface area contributed by atoms with Crippen molar-refractivity contribution >= 4 is 56.6 Å². The van der Waals surface area contributed by atoms with Gasteiger partial charge in [0, 0.05) is 19.2 Å². The summed E-state index contributed by atoms with van der Waals surface area (Å²) in [6, 6.07) is 18.9. The Bertz CT molecular complexity index is 1360. The van der Waals surface area contributed by atoms with Crippen LogP contribution in [0.1, 0.15) is 18.1 Å². The zero-order chi connectivity index (χ0) is 25.8. The maximum atomic E-state index is 13.2. The second-order valence-electron chi connectivity index (χ2n) is 7.84. The van der Waals surface area contributed by atoms with Gasteiger partial charge in [0.2, 0.25) is 0 Å². The molecule has 184 valence electrons. The second kappa shape index (κ2) is 10.9. The third-order valence-electron chi connectivity index (χ3n) is 5.44. The molecule has 1 aliphatic rings. The van der Waals surface area contributed by atoms with E-state index in [1.54, 1.807) is 60.5 Å². The van der Waals surface area contributed by atoms with Gasteiger partial charge < -0.3 is 14.4 Å². The van der Waals surface area contributed by atoms with Gasteiger partial charge in [-0.2, -0.15) is 0 Å². The van der Waals surface area contributed by atoms with Crippen LogP contribution in [0.2, 0.25) is 0 Å². The highest BCUT2D eigenvalue weighted by atomic mass is 79.9. The minimum Gasteiger partial charge on any atom is -0.494 e. The van der Waals surface area contributed by atoms with Crippen molar-refractivity contribution in [3.8, 4) is 11.5 Å². The minimum absolute atomic E-state index is 0.0136. The average molecular weight is 568 g/mol. The van der Waals surface area contributed by atoms with Gasteiger partial charge in [-0.3, -0.25) is 19.8 Å². The number of carbonyl (C=O) groups is 1. The van der Waals surface area contributed by atoms with Crippen molar-refractivity contribution in [2.24, 2.45) is 0 Å². The van der Waals surface area contributed by atoms with E-state index in [0.717, 1.165) is 11.3 Å². The summed E-state index contributed by atoms with van der Waals surface area (Å²) in [4.78, 5) is 26.9. The Kier molecular flexibility index (Phi) is 7.66. The van der Waals surface area contributed by atoms with Crippen LogP contribution in [0.3, 0.4) is 0 Å². The molecule has 0 N–H and O–H groups in total. The summed E-state index contributed by atoms with van der Waals surface area (Å²) in [5, 5.41) is 11.4. The van der Waals surface area contributed by atoms with Gasteiger partial charge in [-0.05, 0) is 88.7 Å². The Labute approximate surface area is 222 Å². The summed E-state index contributed by atoms with van der Waals surface area (Å²) in [6.07, 6.45) is 1.76. The second-order valence-corrected chi connectivity index (χ2v) is 9.06. The highest BCUT2D eigenvalue weighted by Gasteiger charge is 2.36. The maximum absolute atomic E-state index is 13.2. The van der Waals surface area contributed by atoms with Gasteiger partial charge in [0.15, 0.2) is 5.11 Å². The molecule has 0 saturated carbocycles. The first-order chi connectivity index (χ1) is 17.3. The standard InChI is InChI=1S/C26H22BrN3O5S/c1-3-34-21-10-8-19(9-11-21)29-25(31)23(28(2)26(29)36)15-17-7-12-24(22(27)14-17)35-16-18-5-4-6-20(13-18)30(32)33/h4-15H,3,16H2,1-2H3/b23-15-. The lowest BCUT2D eigenvalue weighted by Crippen LogP contribution is -2.31. The number of nitro groups is 1. The van der Waals surface area contributed by atoms with Gasteiger partial charge in [0.1, 0.15) is 23.8 Å². The molecule has 0 aromatic heterocycles. The molecule has 0 spiro atoms. The van der Waals surface area contributed by atoms with Crippen LogP contribution in [-0.2, 0) is 11.4 Å². The normalized spacial score (nSPS) is 14.5. The number of rotatable bonds is 8. The molecule has 0 unspecified atom stereocenters. The van der Waals surface area contributed by atoms with E-state index in [0.29, 0.717) is 38.9 Å². The Morgan fingerprint density at radius 3 is 2.50 bits per heavy atom. The van der Waals surface area contributed by atoms with Gasteiger partial charge in [-0.15, -0.1) is 0 Å². The third kappa shape index (κ3) is 5.39. The monoisotopic (exact) mass is 567 g/mol. The van der Waals surface area contributed by atoms with Crippen molar-refractivity contribution in [2.45, 2.75) is 13.5 Å². The van der Waals surface area contributed by atoms with E-state index in [-0.39, 0.29) is 18.2 Å². The quantitative estimate of drug-likeness (QED) is 0.144. The predicted octanol–water partition coefficient (Wildman–Crippen LogP) is 5.94. The van der Waals surface area contributed by atoms with Crippen LogP contribution in [0.5, 0.6) is 11.5 Å². The molecule has 3 aromatic rings. The number of likely N-dealkylation sites (N-methyl/N-ethyl adjacent to an activating group) is 1. The number of amides is 1. The molecule has 0 radical (unpaired) electrons. The topological polar surface area (TPSA) is 85.1 Å². The third-order valence-corrected chi connectivity index (χ3v) is 6.52. The molecule has 3 aromatic carbocycles. The number of non-ortho nitro benzene ring substituents is 1. The minimum atomic E-state index is -0.439. The lowest BCUT2D eigenvalue weighted by atomic mass is 10.1. The number of thiocarbonyl (C=S) groups is 1. The molecule has 0 aliphatic carbocycles. The van der Waals surface area contributed by atoms with E-state index in [1.807, 2.05) is 19.1 Å². The molecule has 1 fully saturated rings. The number of halogens is 1. The molecule has 1 amide bonds. The van der Waals surface area contributed by atoms with Crippen LogP contribution in [0, 0.1) is 10.1 Å². The fraction of sp³-hybridized carbons (Fsp3) is 0.154. The Balaban J connectivity index is 1.50. The van der Waals surface area contributed by atoms with Crippen molar-refractivity contribution < 1.29 is 19.2 Å². The van der Waals surface area contributed by atoms with E-state index in [1.165, 1.54) is 17.0 Å². The van der Waals surface area contributed by atoms with Gasteiger partial charge in [0.05, 0.1) is 21.7 Å². The number of anilines is 1. The van der Waals surface area contributed by atoms with Crippen LogP contribution in [0.15, 0.2) is 76.9 Å². The first-order valence-corrected chi connectivity index (χ1v) is 12.2. The lowest BCUT2D eigenvalue weighted by molar-refractivity contribution is -0.384. The van der Waals surface area contributed by atoms with Crippen molar-refractivity contribution in [3.63, 3.8) is 0 Å². The molecule has 36 heavy (non-hydrogen) atoms. The fourth-order valence-electron chi connectivity index (χ4n) is 3.64. The predicted molar refractivity (Wildman–Crippen MR) is 145 cm³/mol. The maximum Gasteiger partial charge on any atom is 0.281 e. The molecule has 1 saturated heterocycles. The number of hydrogen-bond donors (Lipinski definition) is 0. The Morgan fingerprint density at radius 1 is 1.08 bits per heavy atom. The van der Waals surface area contributed by atoms with Gasteiger partial charge >= 0.3 is 0 Å². The Hall–Kier alpha value is -3.76. The first kappa shape index (κ1) is 25.3. The van der Waals surface area contributed by atoms with Crippen molar-refractivity contribution in [3.05, 3.63) is 98.1 Å². The number of hydrogen-bond acceptors (Lipinski definition) is 6. The largest absolute Gasteiger partial charge is 0.494 e. The van der Waals surface area contributed by atoms with E-state index in [2.05, 4.69) is 15.9 Å². The zero-order valence-electron chi connectivity index (χ0n) is 19.5. The zero-order valence-corrected chi connectivity index (χ0v) is 21.9. The molecule has 4 rings (SSSR count). The summed E-state index contributed by atoms with van der Waals surface area (Å²) in [6.45, 7) is 2.64. The number of nitro benzene ring substituents is 1. The molecule has 0 atom stereocenters. The highest BCUT2D eigenvalue weighted by molar-refractivity contribution is 9.10. The van der Waals surface area contributed by atoms with Crippen molar-refractivity contribution in [1.82, 2.24) is 4.90 Å². The van der Waals surface area contributed by atoms with Crippen molar-refractivity contribution in [1.29, 1.82) is 0 Å². The van der Waals surface area contributed by atoms with Gasteiger partial charge in [-0.1, -0.05) is 18.2 Å². The van der Waals surface area contributed by atoms with Crippen LogP contribution in [-0.4, -0.2) is 34.5 Å². The molecular formula is C26H22BrN3O5S. The summed E-state index contributed by atoms with van der Waals surface area (Å²) >= 11 is 9.05. The van der Waals surface area contributed by atoms with Crippen LogP contribution >= 0.6 is 28.1 Å².